The Bertz CT molecular complexity index is 963. The highest BCUT2D eigenvalue weighted by molar-refractivity contribution is 5.91. The molecule has 0 aliphatic heterocycles. The fourth-order valence-corrected chi connectivity index (χ4v) is 4.91. The minimum Gasteiger partial charge on any atom is -0.481 e. The van der Waals surface area contributed by atoms with Gasteiger partial charge < -0.3 is 20.5 Å². The van der Waals surface area contributed by atoms with E-state index in [1.165, 1.54) is 54.3 Å². The number of rotatable bonds is 10. The number of nitrogens with one attached hydrogen (secondary N) is 2. The highest BCUT2D eigenvalue weighted by Gasteiger charge is 2.45. The first-order valence-corrected chi connectivity index (χ1v) is 12.2. The first-order chi connectivity index (χ1) is 15.7. The van der Waals surface area contributed by atoms with Gasteiger partial charge in [0, 0.05) is 6.04 Å². The molecule has 0 aliphatic carbocycles. The van der Waals surface area contributed by atoms with E-state index in [1.807, 2.05) is 6.92 Å². The Morgan fingerprint density at radius 2 is 1.29 bits per heavy atom. The Kier molecular flexibility index (Phi) is 9.35. The van der Waals surface area contributed by atoms with Gasteiger partial charge in [0.15, 0.2) is 0 Å². The number of hydrogen-bond donors (Lipinski definition) is 3. The maximum Gasteiger partial charge on any atom is 0.330 e. The molecular weight excluding hydrogens is 444 g/mol. The van der Waals surface area contributed by atoms with Crippen LogP contribution in [0.4, 0.5) is 0 Å². The Morgan fingerprint density at radius 3 is 1.69 bits per heavy atom. The lowest BCUT2D eigenvalue weighted by Gasteiger charge is -2.49. The molecule has 1 rings (SSSR count). The van der Waals surface area contributed by atoms with Crippen molar-refractivity contribution in [3.05, 3.63) is 33.4 Å². The van der Waals surface area contributed by atoms with Crippen molar-refractivity contribution in [2.45, 2.75) is 113 Å². The first-order valence-electron chi connectivity index (χ1n) is 12.2. The molecule has 198 valence electrons. The molecule has 0 spiro atoms. The molecule has 0 aliphatic rings. The van der Waals surface area contributed by atoms with E-state index in [1.54, 1.807) is 0 Å². The molecule has 0 fully saturated rings. The van der Waals surface area contributed by atoms with E-state index in [0.717, 1.165) is 0 Å². The van der Waals surface area contributed by atoms with Gasteiger partial charge in [-0.2, -0.15) is 0 Å². The van der Waals surface area contributed by atoms with Crippen LogP contribution in [-0.2, 0) is 24.5 Å². The number of methoxy groups -OCH3 is 1. The SMILES string of the molecule is COC(=O)C(C)(C)NC(=O)[C@H](CC(=O)O)NC(C)C(C)(C)C(C)(C)c1c(C)c(C)c(C)c(C)c1C. The van der Waals surface area contributed by atoms with Crippen LogP contribution in [0.15, 0.2) is 0 Å². The third-order valence-corrected chi connectivity index (χ3v) is 8.60. The molecule has 1 unspecified atom stereocenters. The number of carbonyl (C=O) groups excluding carboxylic acids is 2. The predicted octanol–water partition coefficient (Wildman–Crippen LogP) is 4.42. The van der Waals surface area contributed by atoms with Gasteiger partial charge in [0.2, 0.25) is 5.91 Å². The normalized spacial score (nSPS) is 14.3. The second-order valence-electron chi connectivity index (χ2n) is 11.5. The van der Waals surface area contributed by atoms with Crippen molar-refractivity contribution in [3.8, 4) is 0 Å². The lowest BCUT2D eigenvalue weighted by Crippen LogP contribution is -2.60. The Morgan fingerprint density at radius 1 is 0.857 bits per heavy atom. The molecule has 0 heterocycles. The van der Waals surface area contributed by atoms with Crippen molar-refractivity contribution in [3.63, 3.8) is 0 Å². The Labute approximate surface area is 211 Å². The van der Waals surface area contributed by atoms with Crippen LogP contribution in [0.1, 0.15) is 88.3 Å². The molecule has 1 aromatic rings. The number of ether oxygens (including phenoxy) is 1. The number of carboxylic acids is 1. The summed E-state index contributed by atoms with van der Waals surface area (Å²) >= 11 is 0. The molecule has 2 atom stereocenters. The van der Waals surface area contributed by atoms with Gasteiger partial charge >= 0.3 is 11.9 Å². The fraction of sp³-hybridized carbons (Fsp3) is 0.679. The zero-order chi connectivity index (χ0) is 27.7. The molecule has 1 aromatic carbocycles. The summed E-state index contributed by atoms with van der Waals surface area (Å²) in [6.45, 7) is 24.5. The number of aliphatic carboxylic acids is 1. The second kappa shape index (κ2) is 10.7. The number of benzene rings is 1. The van der Waals surface area contributed by atoms with E-state index in [-0.39, 0.29) is 16.9 Å². The molecule has 0 saturated carbocycles. The molecular formula is C28H46N2O5. The van der Waals surface area contributed by atoms with Gasteiger partial charge in [-0.25, -0.2) is 4.79 Å². The third kappa shape index (κ3) is 6.05. The minimum atomic E-state index is -1.28. The van der Waals surface area contributed by atoms with E-state index in [9.17, 15) is 19.5 Å². The van der Waals surface area contributed by atoms with Crippen LogP contribution in [0.3, 0.4) is 0 Å². The van der Waals surface area contributed by atoms with Crippen molar-refractivity contribution in [1.29, 1.82) is 0 Å². The fourth-order valence-electron chi connectivity index (χ4n) is 4.91. The van der Waals surface area contributed by atoms with Gasteiger partial charge in [-0.3, -0.25) is 9.59 Å². The second-order valence-corrected chi connectivity index (χ2v) is 11.5. The quantitative estimate of drug-likeness (QED) is 0.419. The minimum absolute atomic E-state index is 0.241. The zero-order valence-corrected chi connectivity index (χ0v) is 23.9. The number of carboxylic acid groups (broad SMARTS) is 1. The van der Waals surface area contributed by atoms with Crippen molar-refractivity contribution >= 4 is 17.8 Å². The largest absolute Gasteiger partial charge is 0.481 e. The standard InChI is InChI=1S/C28H46N2O5/c1-15-16(2)18(4)23(19(5)17(15)3)27(9,10)26(7,8)20(6)29-21(14-22(31)32)24(33)30-28(11,12)25(34)35-13/h20-21,29H,14H2,1-13H3,(H,30,33)(H,31,32)/t20?,21-/m0/s1. The first kappa shape index (κ1) is 30.6. The van der Waals surface area contributed by atoms with Crippen LogP contribution in [0.5, 0.6) is 0 Å². The number of hydrogen-bond acceptors (Lipinski definition) is 5. The number of carbonyl (C=O) groups is 3. The van der Waals surface area contributed by atoms with E-state index < -0.39 is 35.8 Å². The molecule has 0 radical (unpaired) electrons. The topological polar surface area (TPSA) is 105 Å². The van der Waals surface area contributed by atoms with Crippen LogP contribution in [-0.4, -0.2) is 47.7 Å². The molecule has 3 N–H and O–H groups in total. The summed E-state index contributed by atoms with van der Waals surface area (Å²) in [4.78, 5) is 36.7. The van der Waals surface area contributed by atoms with Crippen molar-refractivity contribution < 1.29 is 24.2 Å². The summed E-state index contributed by atoms with van der Waals surface area (Å²) < 4.78 is 4.77. The molecule has 0 saturated heterocycles. The van der Waals surface area contributed by atoms with E-state index in [4.69, 9.17) is 4.74 Å². The summed E-state index contributed by atoms with van der Waals surface area (Å²) in [5.74, 6) is -2.27. The molecule has 7 heteroatoms. The number of esters is 1. The van der Waals surface area contributed by atoms with Gasteiger partial charge in [0.25, 0.3) is 0 Å². The Balaban J connectivity index is 3.41. The molecule has 7 nitrogen and oxygen atoms in total. The average molecular weight is 491 g/mol. The molecule has 0 bridgehead atoms. The molecule has 35 heavy (non-hydrogen) atoms. The van der Waals surface area contributed by atoms with Gasteiger partial charge in [-0.1, -0.05) is 27.7 Å². The summed E-state index contributed by atoms with van der Waals surface area (Å²) in [6, 6.07) is -1.26. The van der Waals surface area contributed by atoms with Gasteiger partial charge in [0.1, 0.15) is 5.54 Å². The zero-order valence-electron chi connectivity index (χ0n) is 23.9. The van der Waals surface area contributed by atoms with Crippen LogP contribution in [0.2, 0.25) is 0 Å². The van der Waals surface area contributed by atoms with Crippen molar-refractivity contribution in [2.24, 2.45) is 5.41 Å². The third-order valence-electron chi connectivity index (χ3n) is 8.60. The summed E-state index contributed by atoms with van der Waals surface area (Å²) in [5, 5.41) is 15.4. The maximum absolute atomic E-state index is 13.1. The average Bonchev–Trinajstić information content (AvgIpc) is 2.74. The predicted molar refractivity (Wildman–Crippen MR) is 140 cm³/mol. The van der Waals surface area contributed by atoms with E-state index >= 15 is 0 Å². The smallest absolute Gasteiger partial charge is 0.330 e. The summed E-state index contributed by atoms with van der Waals surface area (Å²) in [6.07, 6.45) is -0.412. The van der Waals surface area contributed by atoms with Gasteiger partial charge in [-0.15, -0.1) is 0 Å². The van der Waals surface area contributed by atoms with E-state index in [0.29, 0.717) is 0 Å². The highest BCUT2D eigenvalue weighted by Crippen LogP contribution is 2.47. The molecule has 0 aromatic heterocycles. The van der Waals surface area contributed by atoms with Crippen molar-refractivity contribution in [2.75, 3.05) is 7.11 Å². The van der Waals surface area contributed by atoms with Crippen molar-refractivity contribution in [1.82, 2.24) is 10.6 Å². The van der Waals surface area contributed by atoms with Gasteiger partial charge in [0.05, 0.1) is 19.6 Å². The monoisotopic (exact) mass is 490 g/mol. The highest BCUT2D eigenvalue weighted by atomic mass is 16.5. The van der Waals surface area contributed by atoms with E-state index in [2.05, 4.69) is 72.9 Å². The Hall–Kier alpha value is -2.41. The van der Waals surface area contributed by atoms with Crippen LogP contribution in [0, 0.1) is 40.0 Å². The summed E-state index contributed by atoms with van der Waals surface area (Å²) in [5.41, 5.74) is 5.68. The summed E-state index contributed by atoms with van der Waals surface area (Å²) in [7, 11) is 1.24. The van der Waals surface area contributed by atoms with Crippen LogP contribution >= 0.6 is 0 Å². The van der Waals surface area contributed by atoms with Crippen LogP contribution in [0.25, 0.3) is 0 Å². The van der Waals surface area contributed by atoms with Crippen LogP contribution < -0.4 is 10.6 Å². The lowest BCUT2D eigenvalue weighted by atomic mass is 9.58. The lowest BCUT2D eigenvalue weighted by molar-refractivity contribution is -0.150. The maximum atomic E-state index is 13.1. The number of amides is 1. The van der Waals surface area contributed by atoms with Gasteiger partial charge in [-0.05, 0) is 99.6 Å². The molecule has 1 amide bonds.